The first-order valence-electron chi connectivity index (χ1n) is 6.30. The summed E-state index contributed by atoms with van der Waals surface area (Å²) < 4.78 is 46.5. The maximum Gasteiger partial charge on any atom is 0.168 e. The highest BCUT2D eigenvalue weighted by atomic mass is 19.1. The lowest BCUT2D eigenvalue weighted by atomic mass is 9.98. The van der Waals surface area contributed by atoms with Gasteiger partial charge in [-0.15, -0.1) is 0 Å². The Labute approximate surface area is 120 Å². The van der Waals surface area contributed by atoms with Crippen LogP contribution >= 0.6 is 0 Å². The van der Waals surface area contributed by atoms with Gasteiger partial charge in [-0.25, -0.2) is 13.2 Å². The lowest BCUT2D eigenvalue weighted by molar-refractivity contribution is 0.381. The number of nitrogens with one attached hydrogen (secondary N) is 1. The summed E-state index contributed by atoms with van der Waals surface area (Å²) in [5.41, 5.74) is 2.36. The first kappa shape index (κ1) is 15.3. The Kier molecular flexibility index (Phi) is 4.82. The number of hydrogen-bond acceptors (Lipinski definition) is 3. The molecule has 0 spiro atoms. The van der Waals surface area contributed by atoms with Gasteiger partial charge in [-0.3, -0.25) is 11.3 Å². The molecule has 112 valence electrons. The van der Waals surface area contributed by atoms with Gasteiger partial charge in [0.1, 0.15) is 11.6 Å². The molecular formula is C15H15F3N2O. The predicted octanol–water partition coefficient (Wildman–Crippen LogP) is 2.86. The van der Waals surface area contributed by atoms with E-state index in [0.29, 0.717) is 0 Å². The van der Waals surface area contributed by atoms with Crippen molar-refractivity contribution in [3.05, 3.63) is 65.0 Å². The molecule has 21 heavy (non-hydrogen) atoms. The van der Waals surface area contributed by atoms with Crippen molar-refractivity contribution in [1.29, 1.82) is 0 Å². The van der Waals surface area contributed by atoms with Gasteiger partial charge in [0, 0.05) is 5.56 Å². The van der Waals surface area contributed by atoms with Gasteiger partial charge in [0.25, 0.3) is 0 Å². The number of hydrazine groups is 1. The Morgan fingerprint density at radius 3 is 2.29 bits per heavy atom. The van der Waals surface area contributed by atoms with Crippen LogP contribution in [0.1, 0.15) is 17.2 Å². The van der Waals surface area contributed by atoms with Crippen molar-refractivity contribution >= 4 is 0 Å². The van der Waals surface area contributed by atoms with Crippen molar-refractivity contribution in [2.75, 3.05) is 7.11 Å². The molecule has 0 fully saturated rings. The lowest BCUT2D eigenvalue weighted by Gasteiger charge is -2.18. The van der Waals surface area contributed by atoms with E-state index in [0.717, 1.165) is 12.1 Å². The van der Waals surface area contributed by atoms with E-state index in [1.807, 2.05) is 0 Å². The molecule has 1 atom stereocenters. The second-order valence-electron chi connectivity index (χ2n) is 4.49. The number of benzene rings is 2. The summed E-state index contributed by atoms with van der Waals surface area (Å²) in [7, 11) is 1.34. The van der Waals surface area contributed by atoms with E-state index in [4.69, 9.17) is 10.6 Å². The Balaban J connectivity index is 2.36. The maximum absolute atomic E-state index is 14.1. The summed E-state index contributed by atoms with van der Waals surface area (Å²) in [5, 5.41) is 0. The van der Waals surface area contributed by atoms with E-state index in [-0.39, 0.29) is 23.3 Å². The number of ether oxygens (including phenoxy) is 1. The van der Waals surface area contributed by atoms with E-state index in [1.165, 1.54) is 25.3 Å². The average molecular weight is 296 g/mol. The second kappa shape index (κ2) is 6.60. The van der Waals surface area contributed by atoms with Gasteiger partial charge in [0.15, 0.2) is 11.6 Å². The zero-order valence-corrected chi connectivity index (χ0v) is 11.4. The summed E-state index contributed by atoms with van der Waals surface area (Å²) in [4.78, 5) is 0. The largest absolute Gasteiger partial charge is 0.494 e. The molecule has 3 N–H and O–H groups in total. The van der Waals surface area contributed by atoms with E-state index < -0.39 is 23.5 Å². The quantitative estimate of drug-likeness (QED) is 0.659. The molecule has 6 heteroatoms. The molecule has 2 aromatic carbocycles. The SMILES string of the molecule is COc1cccc(CC(NN)c2c(F)cccc2F)c1F. The fourth-order valence-corrected chi connectivity index (χ4v) is 2.18. The zero-order chi connectivity index (χ0) is 15.4. The molecule has 2 aromatic rings. The minimum absolute atomic E-state index is 0.0165. The maximum atomic E-state index is 14.1. The fraction of sp³-hybridized carbons (Fsp3) is 0.200. The number of nitrogens with two attached hydrogens (primary N) is 1. The van der Waals surface area contributed by atoms with Crippen LogP contribution < -0.4 is 16.0 Å². The van der Waals surface area contributed by atoms with Crippen molar-refractivity contribution < 1.29 is 17.9 Å². The Hall–Kier alpha value is -2.05. The number of halogens is 3. The van der Waals surface area contributed by atoms with Crippen molar-refractivity contribution in [1.82, 2.24) is 5.43 Å². The van der Waals surface area contributed by atoms with Gasteiger partial charge in [0.05, 0.1) is 13.2 Å². The molecule has 0 radical (unpaired) electrons. The highest BCUT2D eigenvalue weighted by molar-refractivity contribution is 5.33. The molecule has 0 aromatic heterocycles. The van der Waals surface area contributed by atoms with E-state index in [1.54, 1.807) is 6.07 Å². The summed E-state index contributed by atoms with van der Waals surface area (Å²) in [6.07, 6.45) is -0.0165. The van der Waals surface area contributed by atoms with Gasteiger partial charge in [0.2, 0.25) is 0 Å². The summed E-state index contributed by atoms with van der Waals surface area (Å²) >= 11 is 0. The van der Waals surface area contributed by atoms with E-state index in [9.17, 15) is 13.2 Å². The van der Waals surface area contributed by atoms with Crippen molar-refractivity contribution in [3.8, 4) is 5.75 Å². The van der Waals surface area contributed by atoms with Crippen LogP contribution in [0.3, 0.4) is 0 Å². The van der Waals surface area contributed by atoms with Gasteiger partial charge in [-0.1, -0.05) is 18.2 Å². The van der Waals surface area contributed by atoms with Gasteiger partial charge in [-0.05, 0) is 30.2 Å². The summed E-state index contributed by atoms with van der Waals surface area (Å²) in [5.74, 6) is 3.40. The predicted molar refractivity (Wildman–Crippen MR) is 73.1 cm³/mol. The molecule has 0 saturated heterocycles. The van der Waals surface area contributed by atoms with E-state index >= 15 is 0 Å². The van der Waals surface area contributed by atoms with Crippen LogP contribution in [-0.2, 0) is 6.42 Å². The van der Waals surface area contributed by atoms with Crippen LogP contribution in [0.25, 0.3) is 0 Å². The van der Waals surface area contributed by atoms with Crippen LogP contribution in [0, 0.1) is 17.5 Å². The second-order valence-corrected chi connectivity index (χ2v) is 4.49. The molecule has 0 saturated carbocycles. The Morgan fingerprint density at radius 2 is 1.71 bits per heavy atom. The van der Waals surface area contributed by atoms with Crippen LogP contribution in [0.5, 0.6) is 5.75 Å². The number of methoxy groups -OCH3 is 1. The minimum Gasteiger partial charge on any atom is -0.494 e. The number of hydrogen-bond donors (Lipinski definition) is 2. The van der Waals surface area contributed by atoms with Crippen molar-refractivity contribution in [3.63, 3.8) is 0 Å². The molecule has 0 aliphatic heterocycles. The molecular weight excluding hydrogens is 281 g/mol. The van der Waals surface area contributed by atoms with Crippen LogP contribution in [0.15, 0.2) is 36.4 Å². The summed E-state index contributed by atoms with van der Waals surface area (Å²) in [6.45, 7) is 0. The standard InChI is InChI=1S/C15H15F3N2O/c1-21-13-7-2-4-9(15(13)18)8-12(20-19)14-10(16)5-3-6-11(14)17/h2-7,12,20H,8,19H2,1H3. The average Bonchev–Trinajstić information content (AvgIpc) is 2.47. The fourth-order valence-electron chi connectivity index (χ4n) is 2.18. The van der Waals surface area contributed by atoms with Gasteiger partial charge >= 0.3 is 0 Å². The topological polar surface area (TPSA) is 47.3 Å². The molecule has 0 aliphatic rings. The van der Waals surface area contributed by atoms with Crippen molar-refractivity contribution in [2.24, 2.45) is 5.84 Å². The molecule has 0 bridgehead atoms. The summed E-state index contributed by atoms with van der Waals surface area (Å²) in [6, 6.07) is 7.20. The normalized spacial score (nSPS) is 12.2. The highest BCUT2D eigenvalue weighted by Gasteiger charge is 2.21. The third-order valence-electron chi connectivity index (χ3n) is 3.24. The van der Waals surface area contributed by atoms with Crippen LogP contribution in [0.4, 0.5) is 13.2 Å². The van der Waals surface area contributed by atoms with Crippen molar-refractivity contribution in [2.45, 2.75) is 12.5 Å². The van der Waals surface area contributed by atoms with Gasteiger partial charge < -0.3 is 4.74 Å². The third-order valence-corrected chi connectivity index (χ3v) is 3.24. The lowest BCUT2D eigenvalue weighted by Crippen LogP contribution is -2.31. The third kappa shape index (κ3) is 3.17. The minimum atomic E-state index is -0.896. The van der Waals surface area contributed by atoms with E-state index in [2.05, 4.69) is 5.43 Å². The Morgan fingerprint density at radius 1 is 1.10 bits per heavy atom. The molecule has 0 aliphatic carbocycles. The van der Waals surface area contributed by atoms with Crippen LogP contribution in [-0.4, -0.2) is 7.11 Å². The first-order valence-corrected chi connectivity index (χ1v) is 6.30. The smallest absolute Gasteiger partial charge is 0.168 e. The first-order chi connectivity index (χ1) is 10.1. The van der Waals surface area contributed by atoms with Gasteiger partial charge in [-0.2, -0.15) is 0 Å². The molecule has 3 nitrogen and oxygen atoms in total. The zero-order valence-electron chi connectivity index (χ0n) is 11.4. The highest BCUT2D eigenvalue weighted by Crippen LogP contribution is 2.27. The molecule has 0 heterocycles. The molecule has 0 amide bonds. The molecule has 1 unspecified atom stereocenters. The molecule has 2 rings (SSSR count). The monoisotopic (exact) mass is 296 g/mol. The number of rotatable bonds is 5. The van der Waals surface area contributed by atoms with Crippen LogP contribution in [0.2, 0.25) is 0 Å². The Bertz CT molecular complexity index is 614.